The fourth-order valence-electron chi connectivity index (χ4n) is 2.91. The summed E-state index contributed by atoms with van der Waals surface area (Å²) in [5.74, 6) is 1.50. The van der Waals surface area contributed by atoms with E-state index in [9.17, 15) is 0 Å². The SMILES string of the molecule is CCOc1cc(CNCCc2ccc(Cl)cc2)ccc1OCc1ccc(Cl)cc1.Cl. The Hall–Kier alpha value is -1.91. The summed E-state index contributed by atoms with van der Waals surface area (Å²) >= 11 is 11.9. The first-order valence-corrected chi connectivity index (χ1v) is 10.5. The molecule has 0 amide bonds. The molecule has 3 aromatic carbocycles. The monoisotopic (exact) mass is 465 g/mol. The zero-order chi connectivity index (χ0) is 20.5. The summed E-state index contributed by atoms with van der Waals surface area (Å²) in [6, 6.07) is 21.7. The van der Waals surface area contributed by atoms with Crippen LogP contribution in [0.4, 0.5) is 0 Å². The highest BCUT2D eigenvalue weighted by Crippen LogP contribution is 2.29. The number of rotatable bonds is 10. The van der Waals surface area contributed by atoms with E-state index in [-0.39, 0.29) is 12.4 Å². The Kier molecular flexibility index (Phi) is 10.3. The maximum atomic E-state index is 5.96. The average Bonchev–Trinajstić information content (AvgIpc) is 2.73. The maximum absolute atomic E-state index is 5.96. The van der Waals surface area contributed by atoms with E-state index in [2.05, 4.69) is 23.5 Å². The first-order chi connectivity index (χ1) is 14.1. The van der Waals surface area contributed by atoms with E-state index in [1.807, 2.05) is 55.5 Å². The van der Waals surface area contributed by atoms with Crippen molar-refractivity contribution in [3.8, 4) is 11.5 Å². The molecule has 160 valence electrons. The van der Waals surface area contributed by atoms with Gasteiger partial charge in [-0.3, -0.25) is 0 Å². The van der Waals surface area contributed by atoms with Gasteiger partial charge >= 0.3 is 0 Å². The first-order valence-electron chi connectivity index (χ1n) is 9.72. The molecule has 3 rings (SSSR count). The lowest BCUT2D eigenvalue weighted by Gasteiger charge is -2.14. The molecule has 1 N–H and O–H groups in total. The number of hydrogen-bond donors (Lipinski definition) is 1. The number of nitrogens with one attached hydrogen (secondary N) is 1. The molecule has 0 radical (unpaired) electrons. The van der Waals surface area contributed by atoms with Crippen LogP contribution in [0.5, 0.6) is 11.5 Å². The Morgan fingerprint density at radius 3 is 1.97 bits per heavy atom. The summed E-state index contributed by atoms with van der Waals surface area (Å²) in [6.45, 7) is 4.69. The van der Waals surface area contributed by atoms with Gasteiger partial charge in [-0.25, -0.2) is 0 Å². The van der Waals surface area contributed by atoms with Crippen LogP contribution in [-0.2, 0) is 19.6 Å². The van der Waals surface area contributed by atoms with E-state index in [0.29, 0.717) is 13.2 Å². The molecule has 0 atom stereocenters. The van der Waals surface area contributed by atoms with Crippen LogP contribution < -0.4 is 14.8 Å². The van der Waals surface area contributed by atoms with Crippen LogP contribution in [0, 0.1) is 0 Å². The van der Waals surface area contributed by atoms with E-state index >= 15 is 0 Å². The van der Waals surface area contributed by atoms with Gasteiger partial charge in [0.05, 0.1) is 6.61 Å². The Bertz CT molecular complexity index is 899. The lowest BCUT2D eigenvalue weighted by Crippen LogP contribution is -2.16. The number of hydrogen-bond acceptors (Lipinski definition) is 3. The highest BCUT2D eigenvalue weighted by atomic mass is 35.5. The van der Waals surface area contributed by atoms with Crippen molar-refractivity contribution in [1.29, 1.82) is 0 Å². The molecular weight excluding hydrogens is 441 g/mol. The Labute approximate surface area is 194 Å². The minimum Gasteiger partial charge on any atom is -0.490 e. The van der Waals surface area contributed by atoms with E-state index in [0.717, 1.165) is 52.2 Å². The minimum atomic E-state index is 0. The van der Waals surface area contributed by atoms with Crippen LogP contribution in [-0.4, -0.2) is 13.2 Å². The lowest BCUT2D eigenvalue weighted by atomic mass is 10.1. The number of ether oxygens (including phenoxy) is 2. The van der Waals surface area contributed by atoms with E-state index in [4.69, 9.17) is 32.7 Å². The zero-order valence-corrected chi connectivity index (χ0v) is 19.2. The molecule has 30 heavy (non-hydrogen) atoms. The standard InChI is InChI=1S/C24H25Cl2NO2.ClH/c1-2-28-24-15-20(16-27-14-13-18-3-8-21(25)9-4-18)7-12-23(24)29-17-19-5-10-22(26)11-6-19;/h3-12,15,27H,2,13-14,16-17H2,1H3;1H. The fourth-order valence-corrected chi connectivity index (χ4v) is 3.16. The average molecular weight is 467 g/mol. The molecular formula is C24H26Cl3NO2. The third kappa shape index (κ3) is 7.73. The van der Waals surface area contributed by atoms with Gasteiger partial charge in [0.25, 0.3) is 0 Å². The smallest absolute Gasteiger partial charge is 0.161 e. The van der Waals surface area contributed by atoms with Gasteiger partial charge in [0, 0.05) is 16.6 Å². The van der Waals surface area contributed by atoms with Crippen LogP contribution in [0.15, 0.2) is 66.7 Å². The molecule has 0 spiro atoms. The molecule has 0 aliphatic carbocycles. The second-order valence-corrected chi connectivity index (χ2v) is 7.56. The molecule has 0 fully saturated rings. The summed E-state index contributed by atoms with van der Waals surface area (Å²) < 4.78 is 11.8. The van der Waals surface area contributed by atoms with Crippen LogP contribution in [0.25, 0.3) is 0 Å². The minimum absolute atomic E-state index is 0. The molecule has 6 heteroatoms. The van der Waals surface area contributed by atoms with E-state index < -0.39 is 0 Å². The van der Waals surface area contributed by atoms with Crippen molar-refractivity contribution in [1.82, 2.24) is 5.32 Å². The normalized spacial score (nSPS) is 10.4. The molecule has 3 aromatic rings. The van der Waals surface area contributed by atoms with Gasteiger partial charge in [-0.05, 0) is 73.0 Å². The van der Waals surface area contributed by atoms with E-state index in [1.165, 1.54) is 5.56 Å². The van der Waals surface area contributed by atoms with Gasteiger partial charge in [0.15, 0.2) is 11.5 Å². The van der Waals surface area contributed by atoms with Crippen molar-refractivity contribution in [2.45, 2.75) is 26.5 Å². The third-order valence-corrected chi connectivity index (χ3v) is 4.95. The van der Waals surface area contributed by atoms with E-state index in [1.54, 1.807) is 0 Å². The lowest BCUT2D eigenvalue weighted by molar-refractivity contribution is 0.269. The Morgan fingerprint density at radius 1 is 0.733 bits per heavy atom. The van der Waals surface area contributed by atoms with Crippen molar-refractivity contribution in [3.05, 3.63) is 93.5 Å². The highest BCUT2D eigenvalue weighted by Gasteiger charge is 2.07. The quantitative estimate of drug-likeness (QED) is 0.336. The van der Waals surface area contributed by atoms with Gasteiger partial charge in [0.1, 0.15) is 6.61 Å². The number of halogens is 3. The van der Waals surface area contributed by atoms with Crippen molar-refractivity contribution in [3.63, 3.8) is 0 Å². The topological polar surface area (TPSA) is 30.5 Å². The zero-order valence-electron chi connectivity index (χ0n) is 16.9. The van der Waals surface area contributed by atoms with Crippen molar-refractivity contribution >= 4 is 35.6 Å². The predicted octanol–water partition coefficient (Wildman–Crippen LogP) is 6.73. The van der Waals surface area contributed by atoms with Crippen LogP contribution in [0.3, 0.4) is 0 Å². The second kappa shape index (κ2) is 12.7. The highest BCUT2D eigenvalue weighted by molar-refractivity contribution is 6.30. The van der Waals surface area contributed by atoms with Gasteiger partial charge in [-0.15, -0.1) is 12.4 Å². The molecule has 0 saturated heterocycles. The Morgan fingerprint density at radius 2 is 1.33 bits per heavy atom. The summed E-state index contributed by atoms with van der Waals surface area (Å²) in [5.41, 5.74) is 3.48. The van der Waals surface area contributed by atoms with Crippen molar-refractivity contribution in [2.75, 3.05) is 13.2 Å². The fraction of sp³-hybridized carbons (Fsp3) is 0.250. The molecule has 3 nitrogen and oxygen atoms in total. The third-order valence-electron chi connectivity index (χ3n) is 4.45. The molecule has 0 unspecified atom stereocenters. The molecule has 0 saturated carbocycles. The van der Waals surface area contributed by atoms with Gasteiger partial charge in [-0.1, -0.05) is 53.5 Å². The number of benzene rings is 3. The molecule has 0 aliphatic heterocycles. The molecule has 0 aliphatic rings. The summed E-state index contributed by atoms with van der Waals surface area (Å²) in [6.07, 6.45) is 0.956. The molecule has 0 heterocycles. The van der Waals surface area contributed by atoms with Crippen LogP contribution >= 0.6 is 35.6 Å². The summed E-state index contributed by atoms with van der Waals surface area (Å²) in [5, 5.41) is 4.96. The summed E-state index contributed by atoms with van der Waals surface area (Å²) in [4.78, 5) is 0. The Balaban J connectivity index is 0.00000320. The first kappa shape index (κ1) is 24.4. The summed E-state index contributed by atoms with van der Waals surface area (Å²) in [7, 11) is 0. The molecule has 0 aromatic heterocycles. The van der Waals surface area contributed by atoms with Gasteiger partial charge in [0.2, 0.25) is 0 Å². The second-order valence-electron chi connectivity index (χ2n) is 6.68. The van der Waals surface area contributed by atoms with Gasteiger partial charge in [-0.2, -0.15) is 0 Å². The van der Waals surface area contributed by atoms with Gasteiger partial charge < -0.3 is 14.8 Å². The largest absolute Gasteiger partial charge is 0.490 e. The van der Waals surface area contributed by atoms with Crippen molar-refractivity contribution < 1.29 is 9.47 Å². The van der Waals surface area contributed by atoms with Crippen LogP contribution in [0.1, 0.15) is 23.6 Å². The van der Waals surface area contributed by atoms with Crippen molar-refractivity contribution in [2.24, 2.45) is 0 Å². The van der Waals surface area contributed by atoms with Crippen LogP contribution in [0.2, 0.25) is 10.0 Å². The predicted molar refractivity (Wildman–Crippen MR) is 128 cm³/mol. The maximum Gasteiger partial charge on any atom is 0.161 e. The molecule has 0 bridgehead atoms.